The summed E-state index contributed by atoms with van der Waals surface area (Å²) < 4.78 is 11.6. The summed E-state index contributed by atoms with van der Waals surface area (Å²) in [5.74, 6) is 1.85. The van der Waals surface area contributed by atoms with Crippen LogP contribution < -0.4 is 20.3 Å². The van der Waals surface area contributed by atoms with Gasteiger partial charge in [-0.05, 0) is 23.8 Å². The molecule has 5 rings (SSSR count). The van der Waals surface area contributed by atoms with Gasteiger partial charge in [-0.1, -0.05) is 0 Å². The van der Waals surface area contributed by atoms with Crippen molar-refractivity contribution >= 4 is 17.2 Å². The van der Waals surface area contributed by atoms with E-state index in [0.29, 0.717) is 23.8 Å². The van der Waals surface area contributed by atoms with Crippen molar-refractivity contribution in [2.24, 2.45) is 0 Å². The molecule has 0 aliphatic carbocycles. The van der Waals surface area contributed by atoms with Crippen molar-refractivity contribution in [3.8, 4) is 11.8 Å². The molecule has 1 aromatic carbocycles. The molecule has 2 aromatic rings. The standard InChI is InChI=1S/C20H21N5O2/c21-9-14-7-13(15-10-22-11-15)8-17-19(14)27-12-16-18(1-2-23-20(16)24-17)25-3-5-26-6-4-25/h1-2,7-8,15,22H,3-6,10-12H2,(H,23,24). The monoisotopic (exact) mass is 363 g/mol. The van der Waals surface area contributed by atoms with Gasteiger partial charge in [-0.15, -0.1) is 0 Å². The lowest BCUT2D eigenvalue weighted by molar-refractivity contribution is 0.122. The van der Waals surface area contributed by atoms with E-state index < -0.39 is 0 Å². The molecule has 0 bridgehead atoms. The van der Waals surface area contributed by atoms with Crippen LogP contribution in [0, 0.1) is 11.3 Å². The number of rotatable bonds is 2. The second kappa shape index (κ2) is 6.72. The maximum absolute atomic E-state index is 9.65. The van der Waals surface area contributed by atoms with Gasteiger partial charge < -0.3 is 25.0 Å². The van der Waals surface area contributed by atoms with Crippen LogP contribution in [0.2, 0.25) is 0 Å². The van der Waals surface area contributed by atoms with Gasteiger partial charge in [0.1, 0.15) is 18.5 Å². The molecule has 2 fully saturated rings. The Kier molecular flexibility index (Phi) is 4.07. The average molecular weight is 363 g/mol. The SMILES string of the molecule is N#Cc1cc(C2CNC2)cc2c1OCc1c(N3CCOCC3)ccnc1N2. The third kappa shape index (κ3) is 2.87. The summed E-state index contributed by atoms with van der Waals surface area (Å²) in [4.78, 5) is 6.86. The highest BCUT2D eigenvalue weighted by molar-refractivity contribution is 5.76. The lowest BCUT2D eigenvalue weighted by Gasteiger charge is -2.30. The third-order valence-corrected chi connectivity index (χ3v) is 5.48. The first kappa shape index (κ1) is 16.4. The van der Waals surface area contributed by atoms with E-state index >= 15 is 0 Å². The Hall–Kier alpha value is -2.82. The number of anilines is 3. The first-order chi connectivity index (χ1) is 13.3. The Morgan fingerprint density at radius 2 is 2.07 bits per heavy atom. The Bertz CT molecular complexity index is 913. The molecule has 7 nitrogen and oxygen atoms in total. The number of morpholine rings is 1. The fraction of sp³-hybridized carbons (Fsp3) is 0.400. The van der Waals surface area contributed by atoms with E-state index in [4.69, 9.17) is 9.47 Å². The van der Waals surface area contributed by atoms with Crippen molar-refractivity contribution in [2.45, 2.75) is 12.5 Å². The van der Waals surface area contributed by atoms with Crippen molar-refractivity contribution < 1.29 is 9.47 Å². The number of ether oxygens (including phenoxy) is 2. The van der Waals surface area contributed by atoms with E-state index in [1.54, 1.807) is 0 Å². The average Bonchev–Trinajstić information content (AvgIpc) is 2.85. The smallest absolute Gasteiger partial charge is 0.161 e. The van der Waals surface area contributed by atoms with E-state index in [-0.39, 0.29) is 0 Å². The predicted octanol–water partition coefficient (Wildman–Crippen LogP) is 2.11. The van der Waals surface area contributed by atoms with Crippen LogP contribution in [0.25, 0.3) is 0 Å². The van der Waals surface area contributed by atoms with Crippen LogP contribution in [0.4, 0.5) is 17.2 Å². The van der Waals surface area contributed by atoms with E-state index in [1.165, 1.54) is 0 Å². The number of fused-ring (bicyclic) bond motifs is 2. The molecule has 7 heteroatoms. The van der Waals surface area contributed by atoms with Crippen molar-refractivity contribution in [1.29, 1.82) is 5.26 Å². The lowest BCUT2D eigenvalue weighted by atomic mass is 9.91. The minimum absolute atomic E-state index is 0.384. The van der Waals surface area contributed by atoms with Crippen molar-refractivity contribution in [2.75, 3.05) is 49.6 Å². The van der Waals surface area contributed by atoms with Gasteiger partial charge in [0.15, 0.2) is 5.75 Å². The molecule has 0 amide bonds. The fourth-order valence-corrected chi connectivity index (χ4v) is 3.85. The van der Waals surface area contributed by atoms with Gasteiger partial charge in [0, 0.05) is 44.0 Å². The molecule has 0 radical (unpaired) electrons. The van der Waals surface area contributed by atoms with Gasteiger partial charge >= 0.3 is 0 Å². The van der Waals surface area contributed by atoms with Gasteiger partial charge in [0.05, 0.1) is 30.0 Å². The molecule has 3 aliphatic heterocycles. The molecule has 138 valence electrons. The minimum atomic E-state index is 0.384. The molecular formula is C20H21N5O2. The Balaban J connectivity index is 1.54. The highest BCUT2D eigenvalue weighted by Crippen LogP contribution is 2.40. The molecule has 0 saturated carbocycles. The molecule has 2 saturated heterocycles. The quantitative estimate of drug-likeness (QED) is 0.846. The van der Waals surface area contributed by atoms with Crippen molar-refractivity contribution in [3.63, 3.8) is 0 Å². The minimum Gasteiger partial charge on any atom is -0.485 e. The molecule has 4 heterocycles. The first-order valence-corrected chi connectivity index (χ1v) is 9.32. The maximum atomic E-state index is 9.65. The summed E-state index contributed by atoms with van der Waals surface area (Å²) in [6.07, 6.45) is 1.83. The van der Waals surface area contributed by atoms with Gasteiger partial charge in [-0.2, -0.15) is 5.26 Å². The molecule has 1 aromatic heterocycles. The van der Waals surface area contributed by atoms with Gasteiger partial charge in [0.2, 0.25) is 0 Å². The Morgan fingerprint density at radius 1 is 1.22 bits per heavy atom. The third-order valence-electron chi connectivity index (χ3n) is 5.48. The van der Waals surface area contributed by atoms with Crippen molar-refractivity contribution in [1.82, 2.24) is 10.3 Å². The number of pyridine rings is 1. The summed E-state index contributed by atoms with van der Waals surface area (Å²) in [5, 5.41) is 16.4. The van der Waals surface area contributed by atoms with Gasteiger partial charge in [0.25, 0.3) is 0 Å². The first-order valence-electron chi connectivity index (χ1n) is 9.32. The van der Waals surface area contributed by atoms with Gasteiger partial charge in [-0.25, -0.2) is 4.98 Å². The summed E-state index contributed by atoms with van der Waals surface area (Å²) in [5.41, 5.74) is 4.69. The Labute approximate surface area is 157 Å². The summed E-state index contributed by atoms with van der Waals surface area (Å²) in [6, 6.07) is 8.38. The number of nitrogens with one attached hydrogen (secondary N) is 2. The molecule has 3 aliphatic rings. The second-order valence-corrected chi connectivity index (χ2v) is 7.08. The zero-order chi connectivity index (χ0) is 18.2. The predicted molar refractivity (Wildman–Crippen MR) is 102 cm³/mol. The molecule has 2 N–H and O–H groups in total. The molecule has 27 heavy (non-hydrogen) atoms. The zero-order valence-corrected chi connectivity index (χ0v) is 15.0. The molecule has 0 spiro atoms. The fourth-order valence-electron chi connectivity index (χ4n) is 3.85. The Morgan fingerprint density at radius 3 is 2.81 bits per heavy atom. The molecular weight excluding hydrogens is 342 g/mol. The molecule has 0 unspecified atom stereocenters. The largest absolute Gasteiger partial charge is 0.485 e. The second-order valence-electron chi connectivity index (χ2n) is 7.08. The van der Waals surface area contributed by atoms with E-state index in [2.05, 4.69) is 32.7 Å². The summed E-state index contributed by atoms with van der Waals surface area (Å²) in [6.45, 7) is 5.43. The number of hydrogen-bond donors (Lipinski definition) is 2. The maximum Gasteiger partial charge on any atom is 0.161 e. The lowest BCUT2D eigenvalue weighted by Crippen LogP contribution is -2.39. The van der Waals surface area contributed by atoms with Crippen LogP contribution in [-0.2, 0) is 11.3 Å². The van der Waals surface area contributed by atoms with E-state index in [9.17, 15) is 5.26 Å². The van der Waals surface area contributed by atoms with E-state index in [1.807, 2.05) is 18.3 Å². The number of nitriles is 1. The zero-order valence-electron chi connectivity index (χ0n) is 15.0. The van der Waals surface area contributed by atoms with Crippen LogP contribution in [0.3, 0.4) is 0 Å². The van der Waals surface area contributed by atoms with Gasteiger partial charge in [-0.3, -0.25) is 0 Å². The summed E-state index contributed by atoms with van der Waals surface area (Å²) in [7, 11) is 0. The van der Waals surface area contributed by atoms with Crippen molar-refractivity contribution in [3.05, 3.63) is 41.1 Å². The van der Waals surface area contributed by atoms with Crippen LogP contribution >= 0.6 is 0 Å². The highest BCUT2D eigenvalue weighted by Gasteiger charge is 2.26. The summed E-state index contributed by atoms with van der Waals surface area (Å²) >= 11 is 0. The molecule has 0 atom stereocenters. The van der Waals surface area contributed by atoms with E-state index in [0.717, 1.165) is 67.7 Å². The number of nitrogens with zero attached hydrogens (tertiary/aromatic N) is 3. The number of hydrogen-bond acceptors (Lipinski definition) is 7. The number of aromatic nitrogens is 1. The van der Waals surface area contributed by atoms with Crippen LogP contribution in [-0.4, -0.2) is 44.4 Å². The highest BCUT2D eigenvalue weighted by atomic mass is 16.5. The number of benzene rings is 1. The van der Waals surface area contributed by atoms with Crippen LogP contribution in [0.5, 0.6) is 5.75 Å². The topological polar surface area (TPSA) is 82.4 Å². The normalized spacial score (nSPS) is 18.9. The van der Waals surface area contributed by atoms with Crippen LogP contribution in [0.15, 0.2) is 24.4 Å². The van der Waals surface area contributed by atoms with Crippen LogP contribution in [0.1, 0.15) is 22.6 Å².